The van der Waals surface area contributed by atoms with E-state index >= 15 is 0 Å². The van der Waals surface area contributed by atoms with E-state index in [1.54, 1.807) is 0 Å². The molecule has 0 heterocycles. The van der Waals surface area contributed by atoms with Crippen LogP contribution >= 0.6 is 0 Å². The molecule has 0 aromatic heterocycles. The van der Waals surface area contributed by atoms with Crippen molar-refractivity contribution in [2.24, 2.45) is 22.7 Å². The van der Waals surface area contributed by atoms with Crippen LogP contribution in [-0.4, -0.2) is 31.3 Å². The summed E-state index contributed by atoms with van der Waals surface area (Å²) >= 11 is 0. The van der Waals surface area contributed by atoms with E-state index in [0.29, 0.717) is 12.3 Å². The van der Waals surface area contributed by atoms with Gasteiger partial charge in [0.1, 0.15) is 0 Å². The minimum atomic E-state index is -3.36. The summed E-state index contributed by atoms with van der Waals surface area (Å²) in [7, 11) is -3.36. The fourth-order valence-electron chi connectivity index (χ4n) is 1.53. The molecule has 1 saturated carbocycles. The van der Waals surface area contributed by atoms with Gasteiger partial charge in [-0.3, -0.25) is 0 Å². The van der Waals surface area contributed by atoms with Gasteiger partial charge in [-0.25, -0.2) is 13.1 Å². The van der Waals surface area contributed by atoms with E-state index in [4.69, 9.17) is 10.9 Å². The molecular formula is C10H21N3O3S. The Morgan fingerprint density at radius 3 is 2.53 bits per heavy atom. The van der Waals surface area contributed by atoms with Crippen molar-refractivity contribution in [1.82, 2.24) is 4.72 Å². The Bertz CT molecular complexity index is 374. The molecule has 1 aliphatic carbocycles. The molecule has 0 aromatic carbocycles. The minimum Gasteiger partial charge on any atom is -0.409 e. The number of oxime groups is 1. The highest BCUT2D eigenvalue weighted by Crippen LogP contribution is 2.33. The highest BCUT2D eigenvalue weighted by Gasteiger charge is 2.36. The third-order valence-electron chi connectivity index (χ3n) is 2.80. The van der Waals surface area contributed by atoms with E-state index in [-0.39, 0.29) is 17.5 Å². The molecular weight excluding hydrogens is 242 g/mol. The summed E-state index contributed by atoms with van der Waals surface area (Å²) in [5.74, 6) is 0.516. The van der Waals surface area contributed by atoms with E-state index in [0.717, 1.165) is 12.8 Å². The van der Waals surface area contributed by atoms with Gasteiger partial charge in [0.25, 0.3) is 0 Å². The summed E-state index contributed by atoms with van der Waals surface area (Å²) in [6.45, 7) is 3.94. The zero-order valence-electron chi connectivity index (χ0n) is 10.3. The summed E-state index contributed by atoms with van der Waals surface area (Å²) in [5, 5.41) is 11.5. The van der Waals surface area contributed by atoms with E-state index < -0.39 is 16.1 Å². The molecule has 0 radical (unpaired) electrons. The van der Waals surface area contributed by atoms with Crippen LogP contribution in [0.4, 0.5) is 0 Å². The van der Waals surface area contributed by atoms with Crippen LogP contribution in [0.25, 0.3) is 0 Å². The molecule has 0 bridgehead atoms. The first kappa shape index (κ1) is 14.2. The maximum absolute atomic E-state index is 11.8. The minimum absolute atomic E-state index is 0.0550. The normalized spacial score (nSPS) is 19.6. The number of nitrogens with one attached hydrogen (secondary N) is 1. The van der Waals surface area contributed by atoms with Gasteiger partial charge in [-0.2, -0.15) is 0 Å². The van der Waals surface area contributed by atoms with E-state index in [9.17, 15) is 8.42 Å². The van der Waals surface area contributed by atoms with Crippen molar-refractivity contribution in [3.8, 4) is 0 Å². The van der Waals surface area contributed by atoms with Crippen LogP contribution in [0, 0.1) is 11.8 Å². The first-order valence-electron chi connectivity index (χ1n) is 5.83. The van der Waals surface area contributed by atoms with Gasteiger partial charge in [0.15, 0.2) is 5.84 Å². The van der Waals surface area contributed by atoms with Crippen molar-refractivity contribution in [2.75, 3.05) is 5.75 Å². The number of hydrogen-bond donors (Lipinski definition) is 3. The van der Waals surface area contributed by atoms with Crippen molar-refractivity contribution in [2.45, 2.75) is 39.2 Å². The molecule has 1 atom stereocenters. The Balaban J connectivity index is 2.60. The second-order valence-corrected chi connectivity index (χ2v) is 6.83. The molecule has 1 rings (SSSR count). The smallest absolute Gasteiger partial charge is 0.212 e. The Hall–Kier alpha value is -0.820. The third kappa shape index (κ3) is 4.91. The van der Waals surface area contributed by atoms with Crippen molar-refractivity contribution in [3.05, 3.63) is 0 Å². The number of nitrogens with two attached hydrogens (primary N) is 1. The highest BCUT2D eigenvalue weighted by atomic mass is 32.2. The second-order valence-electron chi connectivity index (χ2n) is 4.96. The van der Waals surface area contributed by atoms with E-state index in [1.165, 1.54) is 0 Å². The van der Waals surface area contributed by atoms with Crippen LogP contribution < -0.4 is 10.5 Å². The second kappa shape index (κ2) is 5.68. The molecule has 0 saturated heterocycles. The molecule has 0 spiro atoms. The molecule has 0 amide bonds. The maximum atomic E-state index is 11.8. The predicted octanol–water partition coefficient (Wildman–Crippen LogP) is 0.477. The molecule has 0 aliphatic heterocycles. The fraction of sp³-hybridized carbons (Fsp3) is 0.900. The lowest BCUT2D eigenvalue weighted by Crippen LogP contribution is -2.46. The van der Waals surface area contributed by atoms with Crippen LogP contribution in [0.1, 0.15) is 33.1 Å². The topological polar surface area (TPSA) is 105 Å². The van der Waals surface area contributed by atoms with Crippen molar-refractivity contribution in [3.63, 3.8) is 0 Å². The average molecular weight is 263 g/mol. The van der Waals surface area contributed by atoms with Gasteiger partial charge < -0.3 is 10.9 Å². The summed E-state index contributed by atoms with van der Waals surface area (Å²) in [6.07, 6.45) is 2.42. The van der Waals surface area contributed by atoms with Crippen LogP contribution in [0.5, 0.6) is 0 Å². The monoisotopic (exact) mass is 263 g/mol. The Kier molecular flexibility index (Phi) is 4.76. The van der Waals surface area contributed by atoms with Gasteiger partial charge in [0.05, 0.1) is 11.8 Å². The molecule has 7 heteroatoms. The van der Waals surface area contributed by atoms with Gasteiger partial charge in [-0.05, 0) is 31.1 Å². The lowest BCUT2D eigenvalue weighted by atomic mass is 10.2. The largest absolute Gasteiger partial charge is 0.409 e. The first-order valence-corrected chi connectivity index (χ1v) is 7.48. The van der Waals surface area contributed by atoms with Crippen LogP contribution in [0.15, 0.2) is 5.16 Å². The van der Waals surface area contributed by atoms with Gasteiger partial charge in [-0.1, -0.05) is 19.0 Å². The van der Waals surface area contributed by atoms with Gasteiger partial charge >= 0.3 is 0 Å². The van der Waals surface area contributed by atoms with E-state index in [1.807, 2.05) is 13.8 Å². The Morgan fingerprint density at radius 1 is 1.53 bits per heavy atom. The van der Waals surface area contributed by atoms with Crippen molar-refractivity contribution < 1.29 is 13.6 Å². The van der Waals surface area contributed by atoms with Gasteiger partial charge in [0.2, 0.25) is 10.0 Å². The molecule has 1 fully saturated rings. The summed E-state index contributed by atoms with van der Waals surface area (Å²) in [5.41, 5.74) is 5.49. The lowest BCUT2D eigenvalue weighted by Gasteiger charge is -2.17. The zero-order chi connectivity index (χ0) is 13.1. The molecule has 1 unspecified atom stereocenters. The van der Waals surface area contributed by atoms with Crippen molar-refractivity contribution in [1.29, 1.82) is 0 Å². The number of sulfonamides is 1. The molecule has 4 N–H and O–H groups in total. The molecule has 100 valence electrons. The molecule has 0 aromatic rings. The number of nitrogens with zero attached hydrogens (tertiary/aromatic N) is 1. The number of hydrogen-bond acceptors (Lipinski definition) is 4. The predicted molar refractivity (Wildman–Crippen MR) is 66.3 cm³/mol. The van der Waals surface area contributed by atoms with Crippen molar-refractivity contribution >= 4 is 15.9 Å². The fourth-order valence-corrected chi connectivity index (χ4v) is 3.13. The molecule has 6 nitrogen and oxygen atoms in total. The van der Waals surface area contributed by atoms with Crippen LogP contribution in [0.2, 0.25) is 0 Å². The first-order chi connectivity index (χ1) is 7.85. The number of amidine groups is 1. The summed E-state index contributed by atoms with van der Waals surface area (Å²) in [4.78, 5) is 0. The van der Waals surface area contributed by atoms with E-state index in [2.05, 4.69) is 9.88 Å². The lowest BCUT2D eigenvalue weighted by molar-refractivity contribution is 0.314. The third-order valence-corrected chi connectivity index (χ3v) is 4.18. The Labute approximate surface area is 102 Å². The SMILES string of the molecule is CC(C)CCS(=O)(=O)NC(C(N)=NO)C1CC1. The number of rotatable bonds is 7. The quantitative estimate of drug-likeness (QED) is 0.269. The van der Waals surface area contributed by atoms with Gasteiger partial charge in [-0.15, -0.1) is 0 Å². The Morgan fingerprint density at radius 2 is 2.12 bits per heavy atom. The molecule has 1 aliphatic rings. The average Bonchev–Trinajstić information content (AvgIpc) is 3.06. The van der Waals surface area contributed by atoms with Gasteiger partial charge in [0, 0.05) is 0 Å². The van der Waals surface area contributed by atoms with Crippen LogP contribution in [0.3, 0.4) is 0 Å². The maximum Gasteiger partial charge on any atom is 0.212 e. The standard InChI is InChI=1S/C10H21N3O3S/c1-7(2)5-6-17(15,16)13-9(8-3-4-8)10(11)12-14/h7-9,13-14H,3-6H2,1-2H3,(H2,11,12). The summed E-state index contributed by atoms with van der Waals surface area (Å²) < 4.78 is 26.1. The van der Waals surface area contributed by atoms with Crippen LogP contribution in [-0.2, 0) is 10.0 Å². The summed E-state index contributed by atoms with van der Waals surface area (Å²) in [6, 6.07) is -0.558. The zero-order valence-corrected chi connectivity index (χ0v) is 11.1. The highest BCUT2D eigenvalue weighted by molar-refractivity contribution is 7.89. The molecule has 17 heavy (non-hydrogen) atoms.